The first-order valence-electron chi connectivity index (χ1n) is 2.69. The molecule has 50 valence electrons. The van der Waals surface area contributed by atoms with Gasteiger partial charge in [-0.25, -0.2) is 0 Å². The highest BCUT2D eigenvalue weighted by Crippen LogP contribution is 2.12. The molecule has 1 aromatic rings. The van der Waals surface area contributed by atoms with E-state index in [0.29, 0.717) is 5.56 Å². The van der Waals surface area contributed by atoms with E-state index in [4.69, 9.17) is 5.26 Å². The van der Waals surface area contributed by atoms with E-state index in [1.807, 2.05) is 0 Å². The van der Waals surface area contributed by atoms with Gasteiger partial charge in [0, 0.05) is 5.69 Å². The standard InChI is InChI=1S/C7H5IN2/c1-2-6-3-5(4-9)7(8)10-6/h2-3,10H,1H2. The molecule has 0 aliphatic carbocycles. The predicted octanol–water partition coefficient (Wildman–Crippen LogP) is 2.13. The minimum absolute atomic E-state index is 0.676. The van der Waals surface area contributed by atoms with E-state index >= 15 is 0 Å². The number of halogens is 1. The van der Waals surface area contributed by atoms with Gasteiger partial charge in [-0.2, -0.15) is 5.26 Å². The first-order valence-corrected chi connectivity index (χ1v) is 3.77. The topological polar surface area (TPSA) is 39.6 Å². The summed E-state index contributed by atoms with van der Waals surface area (Å²) in [6, 6.07) is 3.84. The minimum Gasteiger partial charge on any atom is -0.349 e. The molecule has 0 aromatic carbocycles. The van der Waals surface area contributed by atoms with E-state index in [9.17, 15) is 0 Å². The molecule has 0 saturated carbocycles. The van der Waals surface area contributed by atoms with Crippen LogP contribution in [0.4, 0.5) is 0 Å². The van der Waals surface area contributed by atoms with E-state index in [0.717, 1.165) is 9.39 Å². The fourth-order valence-corrected chi connectivity index (χ4v) is 1.23. The Labute approximate surface area is 72.7 Å². The third-order valence-electron chi connectivity index (χ3n) is 1.13. The Bertz CT molecular complexity index is 293. The lowest BCUT2D eigenvalue weighted by atomic mass is 10.3. The lowest BCUT2D eigenvalue weighted by Gasteiger charge is -1.79. The van der Waals surface area contributed by atoms with Crippen LogP contribution in [0.5, 0.6) is 0 Å². The highest BCUT2D eigenvalue weighted by atomic mass is 127. The number of nitriles is 1. The number of nitrogens with one attached hydrogen (secondary N) is 1. The molecule has 0 aliphatic heterocycles. The smallest absolute Gasteiger partial charge is 0.102 e. The first kappa shape index (κ1) is 7.35. The lowest BCUT2D eigenvalue weighted by molar-refractivity contribution is 1.32. The van der Waals surface area contributed by atoms with Gasteiger partial charge in [0.15, 0.2) is 0 Å². The molecule has 10 heavy (non-hydrogen) atoms. The Hall–Kier alpha value is -0.760. The molecule has 0 fully saturated rings. The summed E-state index contributed by atoms with van der Waals surface area (Å²) in [6.07, 6.45) is 1.68. The van der Waals surface area contributed by atoms with Crippen LogP contribution in [0.25, 0.3) is 6.08 Å². The Kier molecular flexibility index (Phi) is 2.12. The molecule has 0 spiro atoms. The predicted molar refractivity (Wildman–Crippen MR) is 48.3 cm³/mol. The van der Waals surface area contributed by atoms with Crippen molar-refractivity contribution < 1.29 is 0 Å². The van der Waals surface area contributed by atoms with Gasteiger partial charge in [-0.3, -0.25) is 0 Å². The van der Waals surface area contributed by atoms with Crippen LogP contribution in [0, 0.1) is 15.0 Å². The maximum absolute atomic E-state index is 8.52. The van der Waals surface area contributed by atoms with Crippen LogP contribution in [0.15, 0.2) is 12.6 Å². The summed E-state index contributed by atoms with van der Waals surface area (Å²) >= 11 is 2.08. The normalized spacial score (nSPS) is 8.80. The molecule has 0 saturated heterocycles. The van der Waals surface area contributed by atoms with Gasteiger partial charge in [0.1, 0.15) is 6.07 Å². The number of aromatic amines is 1. The number of H-pyrrole nitrogens is 1. The minimum atomic E-state index is 0.676. The summed E-state index contributed by atoms with van der Waals surface area (Å²) in [6.45, 7) is 3.58. The second-order valence-electron chi connectivity index (χ2n) is 1.77. The SMILES string of the molecule is C=Cc1cc(C#N)c(I)[nH]1. The molecular weight excluding hydrogens is 239 g/mol. The van der Waals surface area contributed by atoms with Gasteiger partial charge in [0.05, 0.1) is 9.26 Å². The molecule has 1 rings (SSSR count). The number of hydrogen-bond donors (Lipinski definition) is 1. The van der Waals surface area contributed by atoms with Crippen LogP contribution in [-0.4, -0.2) is 4.98 Å². The summed E-state index contributed by atoms with van der Waals surface area (Å²) in [4.78, 5) is 2.99. The van der Waals surface area contributed by atoms with Crippen LogP contribution >= 0.6 is 22.6 Å². The molecule has 0 atom stereocenters. The van der Waals surface area contributed by atoms with Gasteiger partial charge < -0.3 is 4.98 Å². The van der Waals surface area contributed by atoms with Gasteiger partial charge in [0.2, 0.25) is 0 Å². The van der Waals surface area contributed by atoms with Crippen LogP contribution < -0.4 is 0 Å². The summed E-state index contributed by atoms with van der Waals surface area (Å²) in [5.74, 6) is 0. The van der Waals surface area contributed by atoms with Crippen molar-refractivity contribution in [3.05, 3.63) is 27.6 Å². The van der Waals surface area contributed by atoms with Crippen LogP contribution in [0.1, 0.15) is 11.3 Å². The van der Waals surface area contributed by atoms with Crippen molar-refractivity contribution in [3.8, 4) is 6.07 Å². The number of aromatic nitrogens is 1. The Morgan fingerprint density at radius 2 is 2.50 bits per heavy atom. The van der Waals surface area contributed by atoms with Gasteiger partial charge in [0.25, 0.3) is 0 Å². The van der Waals surface area contributed by atoms with E-state index in [1.54, 1.807) is 12.1 Å². The summed E-state index contributed by atoms with van der Waals surface area (Å²) in [7, 11) is 0. The molecule has 0 aliphatic rings. The van der Waals surface area contributed by atoms with Crippen molar-refractivity contribution >= 4 is 28.7 Å². The third-order valence-corrected chi connectivity index (χ3v) is 1.98. The quantitative estimate of drug-likeness (QED) is 0.755. The number of nitrogens with zero attached hydrogens (tertiary/aromatic N) is 1. The van der Waals surface area contributed by atoms with Gasteiger partial charge in [-0.15, -0.1) is 0 Å². The van der Waals surface area contributed by atoms with E-state index in [1.165, 1.54) is 0 Å². The van der Waals surface area contributed by atoms with Crippen LogP contribution in [0.3, 0.4) is 0 Å². The molecule has 0 amide bonds. The van der Waals surface area contributed by atoms with E-state index in [2.05, 4.69) is 40.2 Å². The fraction of sp³-hybridized carbons (Fsp3) is 0. The average molecular weight is 244 g/mol. The van der Waals surface area contributed by atoms with Crippen molar-refractivity contribution in [1.29, 1.82) is 5.26 Å². The molecular formula is C7H5IN2. The van der Waals surface area contributed by atoms with Gasteiger partial charge in [-0.05, 0) is 34.7 Å². The van der Waals surface area contributed by atoms with E-state index < -0.39 is 0 Å². The molecule has 0 bridgehead atoms. The number of rotatable bonds is 1. The molecule has 1 heterocycles. The second kappa shape index (κ2) is 2.88. The molecule has 1 aromatic heterocycles. The maximum Gasteiger partial charge on any atom is 0.102 e. The maximum atomic E-state index is 8.52. The molecule has 1 N–H and O–H groups in total. The van der Waals surface area contributed by atoms with Crippen LogP contribution in [-0.2, 0) is 0 Å². The van der Waals surface area contributed by atoms with Crippen molar-refractivity contribution in [2.75, 3.05) is 0 Å². The monoisotopic (exact) mass is 244 g/mol. The molecule has 2 nitrogen and oxygen atoms in total. The highest BCUT2D eigenvalue weighted by molar-refractivity contribution is 14.1. The van der Waals surface area contributed by atoms with Crippen molar-refractivity contribution in [2.24, 2.45) is 0 Å². The lowest BCUT2D eigenvalue weighted by Crippen LogP contribution is -1.72. The Morgan fingerprint density at radius 3 is 2.80 bits per heavy atom. The van der Waals surface area contributed by atoms with Gasteiger partial charge >= 0.3 is 0 Å². The van der Waals surface area contributed by atoms with E-state index in [-0.39, 0.29) is 0 Å². The fourth-order valence-electron chi connectivity index (χ4n) is 0.640. The summed E-state index contributed by atoms with van der Waals surface area (Å²) in [5, 5.41) is 8.52. The zero-order valence-electron chi connectivity index (χ0n) is 5.19. The Balaban J connectivity index is 3.19. The largest absolute Gasteiger partial charge is 0.349 e. The molecule has 3 heteroatoms. The zero-order valence-corrected chi connectivity index (χ0v) is 7.34. The Morgan fingerprint density at radius 1 is 1.80 bits per heavy atom. The summed E-state index contributed by atoms with van der Waals surface area (Å²) < 4.78 is 0.870. The molecule has 0 unspecified atom stereocenters. The van der Waals surface area contributed by atoms with Crippen molar-refractivity contribution in [1.82, 2.24) is 4.98 Å². The van der Waals surface area contributed by atoms with Gasteiger partial charge in [-0.1, -0.05) is 6.58 Å². The number of hydrogen-bond acceptors (Lipinski definition) is 1. The second-order valence-corrected chi connectivity index (χ2v) is 2.85. The van der Waals surface area contributed by atoms with Crippen molar-refractivity contribution in [3.63, 3.8) is 0 Å². The van der Waals surface area contributed by atoms with Crippen LogP contribution in [0.2, 0.25) is 0 Å². The molecule has 0 radical (unpaired) electrons. The summed E-state index contributed by atoms with van der Waals surface area (Å²) in [5.41, 5.74) is 1.57. The first-order chi connectivity index (χ1) is 4.77. The van der Waals surface area contributed by atoms with Crippen molar-refractivity contribution in [2.45, 2.75) is 0 Å². The average Bonchev–Trinajstić information content (AvgIpc) is 2.30. The zero-order chi connectivity index (χ0) is 7.56. The third kappa shape index (κ3) is 1.21. The highest BCUT2D eigenvalue weighted by Gasteiger charge is 2.00.